The van der Waals surface area contributed by atoms with Crippen LogP contribution in [0.4, 0.5) is 14.9 Å². The second kappa shape index (κ2) is 8.47. The van der Waals surface area contributed by atoms with E-state index in [1.807, 2.05) is 7.05 Å². The molecule has 23 heavy (non-hydrogen) atoms. The number of amides is 2. The van der Waals surface area contributed by atoms with Crippen LogP contribution in [0, 0.1) is 5.82 Å². The third kappa shape index (κ3) is 5.06. The maximum Gasteiger partial charge on any atom is 0.322 e. The summed E-state index contributed by atoms with van der Waals surface area (Å²) in [6.45, 7) is 2.93. The van der Waals surface area contributed by atoms with Crippen molar-refractivity contribution in [2.24, 2.45) is 0 Å². The molecule has 1 aliphatic heterocycles. The lowest BCUT2D eigenvalue weighted by Crippen LogP contribution is -2.44. The molecule has 1 aromatic carbocycles. The first-order chi connectivity index (χ1) is 11.0. The number of nitrogens with one attached hydrogen (secondary N) is 1. The number of likely N-dealkylation sites (tertiary alicyclic amines) is 1. The Bertz CT molecular complexity index is 544. The van der Waals surface area contributed by atoms with Gasteiger partial charge in [0, 0.05) is 37.8 Å². The van der Waals surface area contributed by atoms with E-state index in [2.05, 4.69) is 10.2 Å². The van der Waals surface area contributed by atoms with Crippen LogP contribution < -0.4 is 5.32 Å². The van der Waals surface area contributed by atoms with Gasteiger partial charge < -0.3 is 19.9 Å². The van der Waals surface area contributed by atoms with Crippen LogP contribution in [-0.2, 0) is 4.74 Å². The minimum Gasteiger partial charge on any atom is -0.383 e. The van der Waals surface area contributed by atoms with Crippen LogP contribution in [0.2, 0.25) is 5.02 Å². The Kier molecular flexibility index (Phi) is 6.62. The van der Waals surface area contributed by atoms with E-state index < -0.39 is 5.82 Å². The molecule has 0 unspecified atom stereocenters. The SMILES string of the molecule is COCCN(C)C[C@@H]1CCCN1C(=O)Nc1ccc(Cl)cc1F. The number of halogens is 2. The fourth-order valence-corrected chi connectivity index (χ4v) is 2.93. The summed E-state index contributed by atoms with van der Waals surface area (Å²) in [6.07, 6.45) is 1.91. The Labute approximate surface area is 141 Å². The highest BCUT2D eigenvalue weighted by atomic mass is 35.5. The summed E-state index contributed by atoms with van der Waals surface area (Å²) in [5.74, 6) is -0.529. The van der Waals surface area contributed by atoms with Gasteiger partial charge >= 0.3 is 6.03 Å². The van der Waals surface area contributed by atoms with Gasteiger partial charge in [-0.1, -0.05) is 11.6 Å². The smallest absolute Gasteiger partial charge is 0.322 e. The van der Waals surface area contributed by atoms with Crippen LogP contribution in [0.1, 0.15) is 12.8 Å². The highest BCUT2D eigenvalue weighted by Gasteiger charge is 2.29. The molecule has 1 atom stereocenters. The van der Waals surface area contributed by atoms with Gasteiger partial charge in [-0.25, -0.2) is 9.18 Å². The Morgan fingerprint density at radius 1 is 1.57 bits per heavy atom. The van der Waals surface area contributed by atoms with Crippen LogP contribution >= 0.6 is 11.6 Å². The number of methoxy groups -OCH3 is 1. The second-order valence-electron chi connectivity index (χ2n) is 5.80. The zero-order valence-corrected chi connectivity index (χ0v) is 14.3. The zero-order valence-electron chi connectivity index (χ0n) is 13.5. The number of ether oxygens (including phenoxy) is 1. The van der Waals surface area contributed by atoms with E-state index in [4.69, 9.17) is 16.3 Å². The molecule has 1 fully saturated rings. The van der Waals surface area contributed by atoms with E-state index in [0.717, 1.165) is 25.9 Å². The summed E-state index contributed by atoms with van der Waals surface area (Å²) in [4.78, 5) is 16.3. The van der Waals surface area contributed by atoms with Crippen LogP contribution in [0.15, 0.2) is 18.2 Å². The average molecular weight is 344 g/mol. The number of hydrogen-bond acceptors (Lipinski definition) is 3. The van der Waals surface area contributed by atoms with Gasteiger partial charge in [0.25, 0.3) is 0 Å². The molecule has 7 heteroatoms. The molecule has 1 aromatic rings. The predicted octanol–water partition coefficient (Wildman–Crippen LogP) is 3.05. The standard InChI is InChI=1S/C16H23ClFN3O2/c1-20(8-9-23-2)11-13-4-3-7-21(13)16(22)19-15-6-5-12(17)10-14(15)18/h5-6,10,13H,3-4,7-9,11H2,1-2H3,(H,19,22)/t13-/m0/s1. The van der Waals surface area contributed by atoms with Gasteiger partial charge in [-0.15, -0.1) is 0 Å². The van der Waals surface area contributed by atoms with Gasteiger partial charge in [0.05, 0.1) is 12.3 Å². The van der Waals surface area contributed by atoms with Crippen molar-refractivity contribution in [1.29, 1.82) is 0 Å². The Balaban J connectivity index is 1.94. The molecule has 5 nitrogen and oxygen atoms in total. The lowest BCUT2D eigenvalue weighted by atomic mass is 10.2. The normalized spacial score (nSPS) is 17.8. The van der Waals surface area contributed by atoms with E-state index in [1.165, 1.54) is 12.1 Å². The van der Waals surface area contributed by atoms with Gasteiger partial charge in [-0.3, -0.25) is 0 Å². The zero-order chi connectivity index (χ0) is 16.8. The molecule has 1 aliphatic rings. The van der Waals surface area contributed by atoms with Crippen molar-refractivity contribution in [1.82, 2.24) is 9.80 Å². The van der Waals surface area contributed by atoms with Crippen molar-refractivity contribution in [2.75, 3.05) is 45.7 Å². The quantitative estimate of drug-likeness (QED) is 0.863. The molecule has 0 spiro atoms. The first-order valence-electron chi connectivity index (χ1n) is 7.71. The molecule has 0 bridgehead atoms. The molecule has 2 amide bonds. The summed E-state index contributed by atoms with van der Waals surface area (Å²) >= 11 is 5.72. The Morgan fingerprint density at radius 3 is 3.04 bits per heavy atom. The molecular weight excluding hydrogens is 321 g/mol. The fraction of sp³-hybridized carbons (Fsp3) is 0.562. The number of likely N-dealkylation sites (N-methyl/N-ethyl adjacent to an activating group) is 1. The van der Waals surface area contributed by atoms with Gasteiger partial charge in [0.1, 0.15) is 5.82 Å². The average Bonchev–Trinajstić information content (AvgIpc) is 2.96. The first kappa shape index (κ1) is 18.0. The Morgan fingerprint density at radius 2 is 2.35 bits per heavy atom. The molecular formula is C16H23ClFN3O2. The second-order valence-corrected chi connectivity index (χ2v) is 6.24. The summed E-state index contributed by atoms with van der Waals surface area (Å²) in [7, 11) is 3.68. The van der Waals surface area contributed by atoms with Crippen LogP contribution in [-0.4, -0.2) is 62.3 Å². The summed E-state index contributed by atoms with van der Waals surface area (Å²) in [5, 5.41) is 2.94. The third-order valence-electron chi connectivity index (χ3n) is 4.01. The first-order valence-corrected chi connectivity index (χ1v) is 8.09. The summed E-state index contributed by atoms with van der Waals surface area (Å²) in [6, 6.07) is 4.09. The molecule has 1 saturated heterocycles. The van der Waals surface area contributed by atoms with Gasteiger partial charge in [0.2, 0.25) is 0 Å². The van der Waals surface area contributed by atoms with Crippen molar-refractivity contribution in [3.63, 3.8) is 0 Å². The van der Waals surface area contributed by atoms with E-state index in [0.29, 0.717) is 18.2 Å². The molecule has 0 radical (unpaired) electrons. The molecule has 0 aliphatic carbocycles. The van der Waals surface area contributed by atoms with Gasteiger partial charge in [-0.2, -0.15) is 0 Å². The third-order valence-corrected chi connectivity index (χ3v) is 4.25. The molecule has 1 N–H and O–H groups in total. The van der Waals surface area contributed by atoms with Crippen molar-refractivity contribution in [3.8, 4) is 0 Å². The maximum absolute atomic E-state index is 13.8. The lowest BCUT2D eigenvalue weighted by Gasteiger charge is -2.28. The number of nitrogens with zero attached hydrogens (tertiary/aromatic N) is 2. The number of carbonyl (C=O) groups is 1. The largest absolute Gasteiger partial charge is 0.383 e. The van der Waals surface area contributed by atoms with Gasteiger partial charge in [-0.05, 0) is 38.1 Å². The molecule has 128 valence electrons. The minimum absolute atomic E-state index is 0.132. The maximum atomic E-state index is 13.8. The number of carbonyl (C=O) groups excluding carboxylic acids is 1. The minimum atomic E-state index is -0.529. The molecule has 2 rings (SSSR count). The number of anilines is 1. The van der Waals surface area contributed by atoms with Crippen molar-refractivity contribution >= 4 is 23.3 Å². The Hall–Kier alpha value is -1.37. The fourth-order valence-electron chi connectivity index (χ4n) is 2.77. The van der Waals surface area contributed by atoms with Crippen molar-refractivity contribution in [2.45, 2.75) is 18.9 Å². The number of rotatable bonds is 6. The number of urea groups is 1. The van der Waals surface area contributed by atoms with Crippen molar-refractivity contribution < 1.29 is 13.9 Å². The van der Waals surface area contributed by atoms with Crippen LogP contribution in [0.25, 0.3) is 0 Å². The predicted molar refractivity (Wildman–Crippen MR) is 89.5 cm³/mol. The topological polar surface area (TPSA) is 44.8 Å². The van der Waals surface area contributed by atoms with Crippen LogP contribution in [0.3, 0.4) is 0 Å². The van der Waals surface area contributed by atoms with Crippen LogP contribution in [0.5, 0.6) is 0 Å². The molecule has 0 aromatic heterocycles. The van der Waals surface area contributed by atoms with Gasteiger partial charge in [0.15, 0.2) is 0 Å². The lowest BCUT2D eigenvalue weighted by molar-refractivity contribution is 0.143. The summed E-state index contributed by atoms with van der Waals surface area (Å²) in [5.41, 5.74) is 0.151. The monoisotopic (exact) mass is 343 g/mol. The van der Waals surface area contributed by atoms with E-state index >= 15 is 0 Å². The van der Waals surface area contributed by atoms with E-state index in [9.17, 15) is 9.18 Å². The number of benzene rings is 1. The summed E-state index contributed by atoms with van der Waals surface area (Å²) < 4.78 is 18.9. The van der Waals surface area contributed by atoms with E-state index in [1.54, 1.807) is 18.1 Å². The van der Waals surface area contributed by atoms with E-state index in [-0.39, 0.29) is 17.8 Å². The van der Waals surface area contributed by atoms with Crippen molar-refractivity contribution in [3.05, 3.63) is 29.0 Å². The molecule has 1 heterocycles. The highest BCUT2D eigenvalue weighted by molar-refractivity contribution is 6.30. The molecule has 0 saturated carbocycles. The number of hydrogen-bond donors (Lipinski definition) is 1. The highest BCUT2D eigenvalue weighted by Crippen LogP contribution is 2.22.